The number of aliphatic hydroxyl groups excluding tert-OH is 1. The summed E-state index contributed by atoms with van der Waals surface area (Å²) in [5, 5.41) is 10.0. The van der Waals surface area contributed by atoms with Crippen LogP contribution >= 0.6 is 0 Å². The van der Waals surface area contributed by atoms with E-state index in [2.05, 4.69) is 4.98 Å². The Morgan fingerprint density at radius 1 is 0.917 bits per heavy atom. The lowest BCUT2D eigenvalue weighted by Gasteiger charge is -2.14. The average Bonchev–Trinajstić information content (AvgIpc) is 2.86. The molecule has 118 valence electrons. The molecule has 2 heterocycles. The summed E-state index contributed by atoms with van der Waals surface area (Å²) in [4.78, 5) is 30.4. The van der Waals surface area contributed by atoms with Crippen LogP contribution in [0, 0.1) is 0 Å². The van der Waals surface area contributed by atoms with Gasteiger partial charge in [-0.1, -0.05) is 24.3 Å². The van der Waals surface area contributed by atoms with Crippen molar-refractivity contribution in [3.63, 3.8) is 0 Å². The van der Waals surface area contributed by atoms with Gasteiger partial charge in [-0.3, -0.25) is 19.5 Å². The Morgan fingerprint density at radius 3 is 2.29 bits per heavy atom. The van der Waals surface area contributed by atoms with Crippen molar-refractivity contribution in [3.05, 3.63) is 77.0 Å². The van der Waals surface area contributed by atoms with Crippen LogP contribution in [-0.4, -0.2) is 26.8 Å². The van der Waals surface area contributed by atoms with E-state index >= 15 is 0 Å². The van der Waals surface area contributed by atoms with Crippen molar-refractivity contribution >= 4 is 22.7 Å². The molecule has 3 aromatic rings. The summed E-state index contributed by atoms with van der Waals surface area (Å²) < 4.78 is 0. The molecule has 5 nitrogen and oxygen atoms in total. The van der Waals surface area contributed by atoms with Crippen LogP contribution in [0.1, 0.15) is 32.0 Å². The second-order valence-electron chi connectivity index (χ2n) is 5.73. The van der Waals surface area contributed by atoms with Gasteiger partial charge in [-0.15, -0.1) is 0 Å². The van der Waals surface area contributed by atoms with Gasteiger partial charge in [0.25, 0.3) is 11.8 Å². The largest absolute Gasteiger partial charge is 0.390 e. The number of benzene rings is 2. The fourth-order valence-corrected chi connectivity index (χ4v) is 2.97. The van der Waals surface area contributed by atoms with Crippen molar-refractivity contribution in [1.82, 2.24) is 9.88 Å². The third kappa shape index (κ3) is 2.26. The molecule has 1 N–H and O–H groups in total. The minimum atomic E-state index is -0.260. The maximum absolute atomic E-state index is 12.4. The highest BCUT2D eigenvalue weighted by molar-refractivity contribution is 6.21. The minimum absolute atomic E-state index is 0.104. The number of pyridine rings is 1. The fraction of sp³-hybridized carbons (Fsp3) is 0.105. The third-order valence-corrected chi connectivity index (χ3v) is 4.19. The number of aromatic nitrogens is 1. The maximum Gasteiger partial charge on any atom is 0.261 e. The molecule has 0 fully saturated rings. The minimum Gasteiger partial charge on any atom is -0.390 e. The van der Waals surface area contributed by atoms with Gasteiger partial charge < -0.3 is 5.11 Å². The first-order valence-corrected chi connectivity index (χ1v) is 7.62. The van der Waals surface area contributed by atoms with E-state index < -0.39 is 0 Å². The fourth-order valence-electron chi connectivity index (χ4n) is 2.97. The van der Waals surface area contributed by atoms with Crippen molar-refractivity contribution in [3.8, 4) is 0 Å². The van der Waals surface area contributed by atoms with E-state index in [0.29, 0.717) is 16.8 Å². The molecule has 5 heteroatoms. The molecule has 0 radical (unpaired) electrons. The smallest absolute Gasteiger partial charge is 0.261 e. The number of carbonyl (C=O) groups is 2. The summed E-state index contributed by atoms with van der Waals surface area (Å²) in [6.45, 7) is 0.122. The Morgan fingerprint density at radius 2 is 1.62 bits per heavy atom. The Kier molecular flexibility index (Phi) is 3.36. The van der Waals surface area contributed by atoms with Crippen LogP contribution in [0.25, 0.3) is 10.9 Å². The van der Waals surface area contributed by atoms with Crippen molar-refractivity contribution in [2.75, 3.05) is 0 Å². The van der Waals surface area contributed by atoms with Crippen molar-refractivity contribution in [1.29, 1.82) is 0 Å². The molecule has 0 atom stereocenters. The molecule has 0 saturated heterocycles. The van der Waals surface area contributed by atoms with Crippen LogP contribution in [0.3, 0.4) is 0 Å². The van der Waals surface area contributed by atoms with Crippen molar-refractivity contribution in [2.45, 2.75) is 13.2 Å². The number of hydrogen-bond acceptors (Lipinski definition) is 4. The summed E-state index contributed by atoms with van der Waals surface area (Å²) in [6, 6.07) is 16.1. The Balaban J connectivity index is 1.65. The predicted molar refractivity (Wildman–Crippen MR) is 88.3 cm³/mol. The molecule has 0 aliphatic carbocycles. The zero-order chi connectivity index (χ0) is 16.7. The number of aliphatic hydroxyl groups is 1. The summed E-state index contributed by atoms with van der Waals surface area (Å²) in [7, 11) is 0. The zero-order valence-electron chi connectivity index (χ0n) is 12.8. The first-order valence-electron chi connectivity index (χ1n) is 7.62. The van der Waals surface area contributed by atoms with Crippen LogP contribution in [0.15, 0.2) is 54.6 Å². The Hall–Kier alpha value is -3.05. The normalized spacial score (nSPS) is 13.6. The van der Waals surface area contributed by atoms with E-state index in [4.69, 9.17) is 5.11 Å². The lowest BCUT2D eigenvalue weighted by Crippen LogP contribution is -2.29. The number of hydrogen-bond donors (Lipinski definition) is 1. The highest BCUT2D eigenvalue weighted by atomic mass is 16.3. The molecule has 24 heavy (non-hydrogen) atoms. The monoisotopic (exact) mass is 318 g/mol. The standard InChI is InChI=1S/C19H14N2O3/c22-11-14-7-6-13-9-12(5-8-17(13)20-14)10-21-18(23)15-3-1-2-4-16(15)19(21)24/h1-9,22H,10-11H2. The topological polar surface area (TPSA) is 70.5 Å². The molecule has 0 spiro atoms. The molecule has 0 saturated carbocycles. The van der Waals surface area contributed by atoms with Gasteiger partial charge in [0.05, 0.1) is 35.5 Å². The van der Waals surface area contributed by atoms with E-state index in [1.54, 1.807) is 30.3 Å². The molecule has 4 rings (SSSR count). The lowest BCUT2D eigenvalue weighted by molar-refractivity contribution is 0.0642. The van der Waals surface area contributed by atoms with Gasteiger partial charge in [0.1, 0.15) is 0 Å². The molecular weight excluding hydrogens is 304 g/mol. The summed E-state index contributed by atoms with van der Waals surface area (Å²) in [5.74, 6) is -0.520. The van der Waals surface area contributed by atoms with Gasteiger partial charge in [-0.05, 0) is 35.9 Å². The van der Waals surface area contributed by atoms with Crippen molar-refractivity contribution < 1.29 is 14.7 Å². The average molecular weight is 318 g/mol. The summed E-state index contributed by atoms with van der Waals surface area (Å²) in [5.41, 5.74) is 3.15. The van der Waals surface area contributed by atoms with E-state index in [1.165, 1.54) is 4.90 Å². The Labute approximate surface area is 138 Å². The van der Waals surface area contributed by atoms with Gasteiger partial charge in [-0.25, -0.2) is 0 Å². The first kappa shape index (κ1) is 14.5. The van der Waals surface area contributed by atoms with Crippen LogP contribution in [0.2, 0.25) is 0 Å². The zero-order valence-corrected chi connectivity index (χ0v) is 12.8. The van der Waals surface area contributed by atoms with Crippen LogP contribution < -0.4 is 0 Å². The van der Waals surface area contributed by atoms with E-state index in [9.17, 15) is 9.59 Å². The number of rotatable bonds is 3. The molecule has 2 aromatic carbocycles. The molecule has 1 aliphatic rings. The second-order valence-corrected chi connectivity index (χ2v) is 5.73. The van der Waals surface area contributed by atoms with Crippen LogP contribution in [0.4, 0.5) is 0 Å². The quantitative estimate of drug-likeness (QED) is 0.753. The molecule has 0 bridgehead atoms. The maximum atomic E-state index is 12.4. The van der Waals surface area contributed by atoms with Gasteiger partial charge in [0.2, 0.25) is 0 Å². The molecule has 0 unspecified atom stereocenters. The predicted octanol–water partition coefficient (Wildman–Crippen LogP) is 2.52. The molecular formula is C19H14N2O3. The highest BCUT2D eigenvalue weighted by Crippen LogP contribution is 2.25. The van der Waals surface area contributed by atoms with Gasteiger partial charge in [0.15, 0.2) is 0 Å². The number of fused-ring (bicyclic) bond motifs is 2. The molecule has 1 aromatic heterocycles. The summed E-state index contributed by atoms with van der Waals surface area (Å²) >= 11 is 0. The highest BCUT2D eigenvalue weighted by Gasteiger charge is 2.34. The Bertz CT molecular complexity index is 946. The van der Waals surface area contributed by atoms with E-state index in [1.807, 2.05) is 24.3 Å². The number of carbonyl (C=O) groups excluding carboxylic acids is 2. The van der Waals surface area contributed by atoms with E-state index in [0.717, 1.165) is 16.5 Å². The van der Waals surface area contributed by atoms with E-state index in [-0.39, 0.29) is 25.0 Å². The first-order chi connectivity index (χ1) is 11.7. The SMILES string of the molecule is O=C1c2ccccc2C(=O)N1Cc1ccc2nc(CO)ccc2c1. The third-order valence-electron chi connectivity index (χ3n) is 4.19. The summed E-state index contributed by atoms with van der Waals surface area (Å²) in [6.07, 6.45) is 0. The van der Waals surface area contributed by atoms with Crippen molar-refractivity contribution in [2.24, 2.45) is 0 Å². The number of imide groups is 1. The van der Waals surface area contributed by atoms with Gasteiger partial charge in [-0.2, -0.15) is 0 Å². The number of amides is 2. The van der Waals surface area contributed by atoms with Gasteiger partial charge in [0, 0.05) is 5.39 Å². The molecule has 2 amide bonds. The second kappa shape index (κ2) is 5.54. The van der Waals surface area contributed by atoms with Crippen LogP contribution in [0.5, 0.6) is 0 Å². The van der Waals surface area contributed by atoms with Crippen LogP contribution in [-0.2, 0) is 13.2 Å². The lowest BCUT2D eigenvalue weighted by atomic mass is 10.1. The number of nitrogens with zero attached hydrogens (tertiary/aromatic N) is 2. The molecule has 1 aliphatic heterocycles. The van der Waals surface area contributed by atoms with Gasteiger partial charge >= 0.3 is 0 Å².